The number of nitrogen functional groups attached to an aromatic ring is 1. The number of carbonyl (C=O) groups excluding carboxylic acids is 1. The first-order valence-electron chi connectivity index (χ1n) is 6.09. The summed E-state index contributed by atoms with van der Waals surface area (Å²) in [5.74, 6) is 4.91. The van der Waals surface area contributed by atoms with Crippen LogP contribution in [0.1, 0.15) is 20.8 Å². The standard InChI is InChI=1S/C13H14N4O3S/c1-8-4-5-21-12(8)7-15-13(18)10-6-9(17(19)20)2-3-11(10)16-14/h2-6,16H,7,14H2,1H3,(H,15,18). The summed E-state index contributed by atoms with van der Waals surface area (Å²) in [6.07, 6.45) is 0. The Labute approximate surface area is 124 Å². The summed E-state index contributed by atoms with van der Waals surface area (Å²) < 4.78 is 0. The van der Waals surface area contributed by atoms with E-state index in [0.29, 0.717) is 12.2 Å². The van der Waals surface area contributed by atoms with E-state index in [0.717, 1.165) is 10.4 Å². The molecule has 0 spiro atoms. The van der Waals surface area contributed by atoms with Gasteiger partial charge >= 0.3 is 0 Å². The van der Waals surface area contributed by atoms with Gasteiger partial charge in [-0.25, -0.2) is 0 Å². The van der Waals surface area contributed by atoms with E-state index in [1.54, 1.807) is 11.3 Å². The van der Waals surface area contributed by atoms with Crippen molar-refractivity contribution >= 4 is 28.6 Å². The Bertz CT molecular complexity index is 684. The Kier molecular flexibility index (Phi) is 4.51. The van der Waals surface area contributed by atoms with E-state index in [-0.39, 0.29) is 11.3 Å². The van der Waals surface area contributed by atoms with Gasteiger partial charge in [0.15, 0.2) is 0 Å². The molecule has 2 aromatic rings. The second-order valence-electron chi connectivity index (χ2n) is 4.34. The Morgan fingerprint density at radius 1 is 1.43 bits per heavy atom. The molecule has 4 N–H and O–H groups in total. The lowest BCUT2D eigenvalue weighted by Crippen LogP contribution is -2.24. The third-order valence-electron chi connectivity index (χ3n) is 2.99. The van der Waals surface area contributed by atoms with E-state index < -0.39 is 10.8 Å². The van der Waals surface area contributed by atoms with E-state index in [9.17, 15) is 14.9 Å². The lowest BCUT2D eigenvalue weighted by molar-refractivity contribution is -0.384. The normalized spacial score (nSPS) is 10.2. The zero-order valence-electron chi connectivity index (χ0n) is 11.3. The molecule has 1 heterocycles. The number of carbonyl (C=O) groups is 1. The van der Waals surface area contributed by atoms with Crippen molar-refractivity contribution in [2.45, 2.75) is 13.5 Å². The van der Waals surface area contributed by atoms with Crippen LogP contribution in [0.5, 0.6) is 0 Å². The molecule has 0 bridgehead atoms. The van der Waals surface area contributed by atoms with Gasteiger partial charge in [-0.1, -0.05) is 0 Å². The molecule has 0 saturated carbocycles. The third-order valence-corrected chi connectivity index (χ3v) is 4.01. The first-order chi connectivity index (χ1) is 10.0. The molecule has 1 aromatic heterocycles. The van der Waals surface area contributed by atoms with Crippen LogP contribution in [-0.2, 0) is 6.54 Å². The van der Waals surface area contributed by atoms with Gasteiger partial charge in [0, 0.05) is 17.0 Å². The highest BCUT2D eigenvalue weighted by molar-refractivity contribution is 7.10. The van der Waals surface area contributed by atoms with Crippen LogP contribution in [0.3, 0.4) is 0 Å². The largest absolute Gasteiger partial charge is 0.347 e. The van der Waals surface area contributed by atoms with Crippen molar-refractivity contribution in [3.05, 3.63) is 55.8 Å². The number of nitrogens with zero attached hydrogens (tertiary/aromatic N) is 1. The van der Waals surface area contributed by atoms with Crippen LogP contribution in [0, 0.1) is 17.0 Å². The fraction of sp³-hybridized carbons (Fsp3) is 0.154. The van der Waals surface area contributed by atoms with E-state index in [1.165, 1.54) is 18.2 Å². The quantitative estimate of drug-likeness (QED) is 0.445. The van der Waals surface area contributed by atoms with Crippen LogP contribution < -0.4 is 16.6 Å². The number of nitrogens with one attached hydrogen (secondary N) is 2. The highest BCUT2D eigenvalue weighted by Gasteiger charge is 2.16. The predicted molar refractivity (Wildman–Crippen MR) is 81.1 cm³/mol. The molecule has 8 heteroatoms. The van der Waals surface area contributed by atoms with Crippen molar-refractivity contribution in [1.82, 2.24) is 5.32 Å². The van der Waals surface area contributed by atoms with Gasteiger partial charge in [-0.15, -0.1) is 11.3 Å². The van der Waals surface area contributed by atoms with Gasteiger partial charge in [0.1, 0.15) is 0 Å². The Balaban J connectivity index is 2.19. The number of hydrogen-bond donors (Lipinski definition) is 3. The fourth-order valence-corrected chi connectivity index (χ4v) is 2.65. The molecule has 0 atom stereocenters. The first-order valence-corrected chi connectivity index (χ1v) is 6.97. The van der Waals surface area contributed by atoms with Crippen LogP contribution >= 0.6 is 11.3 Å². The molecular weight excluding hydrogens is 292 g/mol. The third kappa shape index (κ3) is 3.36. The summed E-state index contributed by atoms with van der Waals surface area (Å²) in [5, 5.41) is 15.5. The zero-order valence-corrected chi connectivity index (χ0v) is 12.1. The number of benzene rings is 1. The Morgan fingerprint density at radius 3 is 2.76 bits per heavy atom. The van der Waals surface area contributed by atoms with Crippen LogP contribution in [0.2, 0.25) is 0 Å². The minimum atomic E-state index is -0.555. The molecule has 0 unspecified atom stereocenters. The molecule has 0 aliphatic carbocycles. The average Bonchev–Trinajstić information content (AvgIpc) is 2.89. The number of nitrogens with two attached hydrogens (primary N) is 1. The van der Waals surface area contributed by atoms with Crippen LogP contribution in [0.4, 0.5) is 11.4 Å². The van der Waals surface area contributed by atoms with Gasteiger partial charge in [-0.3, -0.25) is 20.8 Å². The molecule has 0 saturated heterocycles. The first kappa shape index (κ1) is 14.9. The van der Waals surface area contributed by atoms with E-state index >= 15 is 0 Å². The maximum absolute atomic E-state index is 12.2. The van der Waals surface area contributed by atoms with Gasteiger partial charge < -0.3 is 10.7 Å². The molecule has 0 radical (unpaired) electrons. The smallest absolute Gasteiger partial charge is 0.270 e. The monoisotopic (exact) mass is 306 g/mol. The van der Waals surface area contributed by atoms with E-state index in [2.05, 4.69) is 10.7 Å². The second kappa shape index (κ2) is 6.33. The minimum Gasteiger partial charge on any atom is -0.347 e. The Hall–Kier alpha value is -2.45. The van der Waals surface area contributed by atoms with Crippen LogP contribution in [0.25, 0.3) is 0 Å². The number of hydrazine groups is 1. The predicted octanol–water partition coefficient (Wildman–Crippen LogP) is 2.18. The molecule has 1 aromatic carbocycles. The van der Waals surface area contributed by atoms with E-state index in [4.69, 9.17) is 5.84 Å². The average molecular weight is 306 g/mol. The molecule has 0 fully saturated rings. The van der Waals surface area contributed by atoms with Crippen molar-refractivity contribution in [2.24, 2.45) is 5.84 Å². The van der Waals surface area contributed by atoms with E-state index in [1.807, 2.05) is 18.4 Å². The maximum Gasteiger partial charge on any atom is 0.270 e. The van der Waals surface area contributed by atoms with Gasteiger partial charge in [0.2, 0.25) is 0 Å². The van der Waals surface area contributed by atoms with Crippen molar-refractivity contribution in [1.29, 1.82) is 0 Å². The van der Waals surface area contributed by atoms with Crippen molar-refractivity contribution in [2.75, 3.05) is 5.43 Å². The second-order valence-corrected chi connectivity index (χ2v) is 5.34. The lowest BCUT2D eigenvalue weighted by atomic mass is 10.1. The summed E-state index contributed by atoms with van der Waals surface area (Å²) in [5.41, 5.74) is 3.77. The van der Waals surface area contributed by atoms with Gasteiger partial charge in [-0.2, -0.15) is 0 Å². The molecule has 0 aliphatic heterocycles. The maximum atomic E-state index is 12.2. The summed E-state index contributed by atoms with van der Waals surface area (Å²) in [6.45, 7) is 2.33. The number of anilines is 1. The number of non-ortho nitro benzene ring substituents is 1. The number of amides is 1. The van der Waals surface area contributed by atoms with Gasteiger partial charge in [0.05, 0.1) is 22.7 Å². The number of hydrogen-bond acceptors (Lipinski definition) is 6. The zero-order chi connectivity index (χ0) is 15.4. The summed E-state index contributed by atoms with van der Waals surface area (Å²) >= 11 is 1.54. The highest BCUT2D eigenvalue weighted by Crippen LogP contribution is 2.22. The number of rotatable bonds is 5. The summed E-state index contributed by atoms with van der Waals surface area (Å²) in [6, 6.07) is 5.86. The topological polar surface area (TPSA) is 110 Å². The highest BCUT2D eigenvalue weighted by atomic mass is 32.1. The molecule has 0 aliphatic rings. The molecule has 7 nitrogen and oxygen atoms in total. The van der Waals surface area contributed by atoms with Crippen molar-refractivity contribution in [3.8, 4) is 0 Å². The van der Waals surface area contributed by atoms with Crippen LogP contribution in [0.15, 0.2) is 29.6 Å². The molecule has 1 amide bonds. The summed E-state index contributed by atoms with van der Waals surface area (Å²) in [4.78, 5) is 23.5. The number of nitro groups is 1. The minimum absolute atomic E-state index is 0.140. The molecular formula is C13H14N4O3S. The molecule has 110 valence electrons. The Morgan fingerprint density at radius 2 is 2.19 bits per heavy atom. The summed E-state index contributed by atoms with van der Waals surface area (Å²) in [7, 11) is 0. The lowest BCUT2D eigenvalue weighted by Gasteiger charge is -2.09. The fourth-order valence-electron chi connectivity index (χ4n) is 1.80. The SMILES string of the molecule is Cc1ccsc1CNC(=O)c1cc([N+](=O)[O-])ccc1NN. The number of aryl methyl sites for hydroxylation is 1. The van der Waals surface area contributed by atoms with Gasteiger partial charge in [-0.05, 0) is 30.0 Å². The number of nitro benzene ring substituents is 1. The molecule has 21 heavy (non-hydrogen) atoms. The van der Waals surface area contributed by atoms with Crippen LogP contribution in [-0.4, -0.2) is 10.8 Å². The van der Waals surface area contributed by atoms with Crippen molar-refractivity contribution in [3.63, 3.8) is 0 Å². The number of thiophene rings is 1. The molecule has 2 rings (SSSR count). The van der Waals surface area contributed by atoms with Crippen molar-refractivity contribution < 1.29 is 9.72 Å². The van der Waals surface area contributed by atoms with Gasteiger partial charge in [0.25, 0.3) is 11.6 Å².